The van der Waals surface area contributed by atoms with Crippen molar-refractivity contribution in [3.63, 3.8) is 0 Å². The lowest BCUT2D eigenvalue weighted by Crippen LogP contribution is -2.13. The second-order valence-corrected chi connectivity index (χ2v) is 6.48. The van der Waals surface area contributed by atoms with Crippen molar-refractivity contribution in [2.24, 2.45) is 5.73 Å². The van der Waals surface area contributed by atoms with Crippen LogP contribution in [0.5, 0.6) is 11.5 Å². The number of rotatable bonds is 6. The minimum Gasteiger partial charge on any atom is -0.493 e. The second-order valence-electron chi connectivity index (χ2n) is 6.48. The van der Waals surface area contributed by atoms with Crippen LogP contribution in [0.4, 0.5) is 17.3 Å². The maximum Gasteiger partial charge on any atom is 0.250 e. The van der Waals surface area contributed by atoms with Gasteiger partial charge in [0.15, 0.2) is 11.5 Å². The molecule has 0 aliphatic rings. The molecule has 0 radical (unpaired) electrons. The number of methoxy groups -OCH3 is 2. The minimum atomic E-state index is -0.579. The molecule has 0 saturated carbocycles. The van der Waals surface area contributed by atoms with Gasteiger partial charge < -0.3 is 26.3 Å². The molecular weight excluding hydrogens is 384 g/mol. The zero-order chi connectivity index (χ0) is 21.3. The Morgan fingerprint density at radius 1 is 1.07 bits per heavy atom. The molecule has 2 heterocycles. The van der Waals surface area contributed by atoms with Crippen LogP contribution in [-0.2, 0) is 0 Å². The number of imidazole rings is 1. The van der Waals surface area contributed by atoms with Crippen LogP contribution in [0.1, 0.15) is 10.4 Å². The monoisotopic (exact) mass is 404 g/mol. The molecule has 0 bridgehead atoms. The predicted octanol–water partition coefficient (Wildman–Crippen LogP) is 2.84. The number of fused-ring (bicyclic) bond motifs is 1. The molecule has 4 aromatic rings. The molecule has 0 saturated heterocycles. The number of carbonyl (C=O) groups is 1. The highest BCUT2D eigenvalue weighted by Gasteiger charge is 2.13. The van der Waals surface area contributed by atoms with E-state index < -0.39 is 5.91 Å². The highest BCUT2D eigenvalue weighted by Crippen LogP contribution is 2.33. The molecular formula is C21H20N6O3. The summed E-state index contributed by atoms with van der Waals surface area (Å²) in [6.45, 7) is 0. The number of nitrogen functional groups attached to an aromatic ring is 1. The Labute approximate surface area is 172 Å². The number of amides is 1. The third kappa shape index (κ3) is 3.44. The topological polar surface area (TPSA) is 130 Å². The smallest absolute Gasteiger partial charge is 0.250 e. The highest BCUT2D eigenvalue weighted by atomic mass is 16.5. The molecule has 0 atom stereocenters. The number of primary amides is 1. The lowest BCUT2D eigenvalue weighted by Gasteiger charge is -2.13. The van der Waals surface area contributed by atoms with Gasteiger partial charge in [-0.05, 0) is 36.4 Å². The molecule has 2 aromatic heterocycles. The molecule has 0 aliphatic carbocycles. The standard InChI is InChI=1S/C21H20N6O3/c1-29-17-6-3-12(9-18(17)30-2)16-11-19-24-7-8-27(19)21(26-16)25-13-4-5-14(20(23)28)15(22)10-13/h3-11H,22H2,1-2H3,(H2,23,28)(H,25,26). The van der Waals surface area contributed by atoms with Crippen LogP contribution in [0.25, 0.3) is 16.9 Å². The van der Waals surface area contributed by atoms with E-state index in [1.54, 1.807) is 44.8 Å². The van der Waals surface area contributed by atoms with Crippen LogP contribution in [0.2, 0.25) is 0 Å². The van der Waals surface area contributed by atoms with Crippen molar-refractivity contribution in [3.8, 4) is 22.8 Å². The van der Waals surface area contributed by atoms with Crippen molar-refractivity contribution in [2.45, 2.75) is 0 Å². The SMILES string of the molecule is COc1ccc(-c2cc3nccn3c(Nc3ccc(C(N)=O)c(N)c3)n2)cc1OC. The Kier molecular flexibility index (Phi) is 4.85. The Hall–Kier alpha value is -4.27. The Balaban J connectivity index is 1.77. The van der Waals surface area contributed by atoms with Crippen molar-refractivity contribution in [2.75, 3.05) is 25.3 Å². The van der Waals surface area contributed by atoms with Crippen LogP contribution in [0, 0.1) is 0 Å². The van der Waals surface area contributed by atoms with Gasteiger partial charge in [-0.2, -0.15) is 0 Å². The summed E-state index contributed by atoms with van der Waals surface area (Å²) in [6.07, 6.45) is 3.48. The van der Waals surface area contributed by atoms with E-state index in [-0.39, 0.29) is 11.3 Å². The molecule has 30 heavy (non-hydrogen) atoms. The van der Waals surface area contributed by atoms with Gasteiger partial charge in [0.2, 0.25) is 5.95 Å². The van der Waals surface area contributed by atoms with Gasteiger partial charge in [-0.3, -0.25) is 9.20 Å². The van der Waals surface area contributed by atoms with Crippen LogP contribution in [-0.4, -0.2) is 34.5 Å². The van der Waals surface area contributed by atoms with Crippen molar-refractivity contribution in [1.82, 2.24) is 14.4 Å². The maximum absolute atomic E-state index is 11.4. The molecule has 0 fully saturated rings. The fraction of sp³-hybridized carbons (Fsp3) is 0.0952. The summed E-state index contributed by atoms with van der Waals surface area (Å²) in [7, 11) is 3.17. The molecule has 0 aliphatic heterocycles. The van der Waals surface area contributed by atoms with E-state index in [1.807, 2.05) is 28.7 Å². The zero-order valence-electron chi connectivity index (χ0n) is 16.4. The zero-order valence-corrected chi connectivity index (χ0v) is 16.4. The van der Waals surface area contributed by atoms with Crippen molar-refractivity contribution in [3.05, 3.63) is 60.4 Å². The van der Waals surface area contributed by atoms with E-state index in [1.165, 1.54) is 0 Å². The summed E-state index contributed by atoms with van der Waals surface area (Å²) in [4.78, 5) is 20.5. The van der Waals surface area contributed by atoms with Crippen molar-refractivity contribution >= 4 is 28.9 Å². The van der Waals surface area contributed by atoms with E-state index >= 15 is 0 Å². The van der Waals surface area contributed by atoms with E-state index in [0.717, 1.165) is 5.56 Å². The molecule has 0 spiro atoms. The maximum atomic E-state index is 11.4. The first-order chi connectivity index (χ1) is 14.5. The Bertz CT molecular complexity index is 1250. The number of hydrogen-bond donors (Lipinski definition) is 3. The average molecular weight is 404 g/mol. The summed E-state index contributed by atoms with van der Waals surface area (Å²) in [5.74, 6) is 1.18. The predicted molar refractivity (Wildman–Crippen MR) is 114 cm³/mol. The van der Waals surface area contributed by atoms with Gasteiger partial charge in [0.05, 0.1) is 25.5 Å². The number of nitrogens with two attached hydrogens (primary N) is 2. The average Bonchev–Trinajstić information content (AvgIpc) is 3.22. The highest BCUT2D eigenvalue weighted by molar-refractivity contribution is 5.98. The Morgan fingerprint density at radius 2 is 1.87 bits per heavy atom. The molecule has 1 amide bonds. The number of aromatic nitrogens is 3. The normalized spacial score (nSPS) is 10.7. The van der Waals surface area contributed by atoms with E-state index in [2.05, 4.69) is 10.3 Å². The van der Waals surface area contributed by atoms with Crippen molar-refractivity contribution < 1.29 is 14.3 Å². The van der Waals surface area contributed by atoms with Crippen LogP contribution >= 0.6 is 0 Å². The van der Waals surface area contributed by atoms with Gasteiger partial charge in [-0.1, -0.05) is 0 Å². The number of anilines is 3. The minimum absolute atomic E-state index is 0.264. The van der Waals surface area contributed by atoms with Gasteiger partial charge in [0, 0.05) is 35.4 Å². The summed E-state index contributed by atoms with van der Waals surface area (Å²) in [6, 6.07) is 12.4. The first-order valence-electron chi connectivity index (χ1n) is 9.03. The summed E-state index contributed by atoms with van der Waals surface area (Å²) in [5.41, 5.74) is 14.7. The van der Waals surface area contributed by atoms with E-state index in [9.17, 15) is 4.79 Å². The molecule has 4 rings (SSSR count). The quantitative estimate of drug-likeness (QED) is 0.421. The third-order valence-corrected chi connectivity index (χ3v) is 4.64. The van der Waals surface area contributed by atoms with Crippen LogP contribution in [0.3, 0.4) is 0 Å². The largest absolute Gasteiger partial charge is 0.493 e. The number of nitrogens with one attached hydrogen (secondary N) is 1. The summed E-state index contributed by atoms with van der Waals surface area (Å²) < 4.78 is 12.5. The Morgan fingerprint density at radius 3 is 2.57 bits per heavy atom. The molecule has 5 N–H and O–H groups in total. The summed E-state index contributed by atoms with van der Waals surface area (Å²) in [5, 5.41) is 3.23. The third-order valence-electron chi connectivity index (χ3n) is 4.64. The molecule has 9 nitrogen and oxygen atoms in total. The van der Waals surface area contributed by atoms with Gasteiger partial charge in [0.25, 0.3) is 5.91 Å². The van der Waals surface area contributed by atoms with Gasteiger partial charge >= 0.3 is 0 Å². The first-order valence-corrected chi connectivity index (χ1v) is 9.03. The lowest BCUT2D eigenvalue weighted by molar-refractivity contribution is 0.100. The van der Waals surface area contributed by atoms with E-state index in [0.29, 0.717) is 34.5 Å². The van der Waals surface area contributed by atoms with Crippen molar-refractivity contribution in [1.29, 1.82) is 0 Å². The number of benzene rings is 2. The molecule has 0 unspecified atom stereocenters. The number of ether oxygens (including phenoxy) is 2. The van der Waals surface area contributed by atoms with Gasteiger partial charge in [-0.25, -0.2) is 9.97 Å². The fourth-order valence-electron chi connectivity index (χ4n) is 3.15. The van der Waals surface area contributed by atoms with Gasteiger partial charge in [-0.15, -0.1) is 0 Å². The number of carbonyl (C=O) groups excluding carboxylic acids is 1. The summed E-state index contributed by atoms with van der Waals surface area (Å²) >= 11 is 0. The number of nitrogens with zero attached hydrogens (tertiary/aromatic N) is 3. The van der Waals surface area contributed by atoms with Gasteiger partial charge in [0.1, 0.15) is 5.65 Å². The van der Waals surface area contributed by atoms with E-state index in [4.69, 9.17) is 25.9 Å². The first kappa shape index (κ1) is 19.1. The van der Waals surface area contributed by atoms with Crippen LogP contribution in [0.15, 0.2) is 54.9 Å². The lowest BCUT2D eigenvalue weighted by atomic mass is 10.1. The molecule has 2 aromatic carbocycles. The van der Waals surface area contributed by atoms with Crippen LogP contribution < -0.4 is 26.3 Å². The second kappa shape index (κ2) is 7.63. The molecule has 9 heteroatoms. The number of hydrogen-bond acceptors (Lipinski definition) is 7. The fourth-order valence-corrected chi connectivity index (χ4v) is 3.15. The molecule has 152 valence electrons.